The molecule has 0 bridgehead atoms. The monoisotopic (exact) mass is 627 g/mol. The number of nitrogens with one attached hydrogen (secondary N) is 1. The minimum absolute atomic E-state index is 0.0641. The Morgan fingerprint density at radius 3 is 2.63 bits per heavy atom. The molecule has 1 N–H and O–H groups in total. The summed E-state index contributed by atoms with van der Waals surface area (Å²) in [6.45, 7) is 0.394. The van der Waals surface area contributed by atoms with Crippen molar-refractivity contribution in [1.82, 2.24) is 19.9 Å². The summed E-state index contributed by atoms with van der Waals surface area (Å²) in [5.74, 6) is -1.93. The number of nitrogens with zero attached hydrogens (tertiary/aromatic N) is 4. The van der Waals surface area contributed by atoms with Crippen LogP contribution in [-0.4, -0.2) is 39.7 Å². The summed E-state index contributed by atoms with van der Waals surface area (Å²) in [5.41, 5.74) is 3.07. The van der Waals surface area contributed by atoms with Crippen LogP contribution in [0, 0.1) is 11.7 Å². The number of anilines is 1. The Morgan fingerprint density at radius 1 is 1.12 bits per heavy atom. The molecule has 0 saturated carbocycles. The van der Waals surface area contributed by atoms with E-state index in [4.69, 9.17) is 39.8 Å². The number of pyridine rings is 1. The van der Waals surface area contributed by atoms with Gasteiger partial charge in [-0.3, -0.25) is 9.78 Å². The van der Waals surface area contributed by atoms with Crippen molar-refractivity contribution in [3.63, 3.8) is 0 Å². The second-order valence-electron chi connectivity index (χ2n) is 9.96. The molecule has 0 spiro atoms. The number of hydrogen-bond donors (Lipinski definition) is 1. The van der Waals surface area contributed by atoms with Gasteiger partial charge < -0.3 is 14.8 Å². The van der Waals surface area contributed by atoms with E-state index >= 15 is 0 Å². The lowest BCUT2D eigenvalue weighted by atomic mass is 9.97. The number of fused-ring (bicyclic) bond motifs is 1. The highest BCUT2D eigenvalue weighted by atomic mass is 35.5. The van der Waals surface area contributed by atoms with Gasteiger partial charge in [0.2, 0.25) is 0 Å². The first-order valence-electron chi connectivity index (χ1n) is 12.7. The van der Waals surface area contributed by atoms with E-state index in [2.05, 4.69) is 10.3 Å². The molecule has 0 aliphatic carbocycles. The lowest BCUT2D eigenvalue weighted by Gasteiger charge is -2.35. The molecule has 1 saturated heterocycles. The SMILES string of the molecule is Cn1c(Cc2c(Cl)ccc(CNC(=O)c3cncc(F)c3)c2Cl)nc2cc(Cl)c(N3CCCC(C(F)(F)F)C3)cc21. The van der Waals surface area contributed by atoms with Crippen LogP contribution in [0.1, 0.15) is 40.2 Å². The van der Waals surface area contributed by atoms with E-state index in [-0.39, 0.29) is 31.5 Å². The van der Waals surface area contributed by atoms with E-state index in [1.165, 1.54) is 6.20 Å². The van der Waals surface area contributed by atoms with E-state index < -0.39 is 23.8 Å². The van der Waals surface area contributed by atoms with Gasteiger partial charge in [0.05, 0.1) is 44.4 Å². The van der Waals surface area contributed by atoms with Gasteiger partial charge in [0.25, 0.3) is 5.91 Å². The number of piperidine rings is 1. The Bertz CT molecular complexity index is 1620. The molecule has 4 aromatic rings. The van der Waals surface area contributed by atoms with E-state index in [0.717, 1.165) is 12.3 Å². The molecule has 1 atom stereocenters. The third-order valence-electron chi connectivity index (χ3n) is 7.27. The van der Waals surface area contributed by atoms with Crippen molar-refractivity contribution in [1.29, 1.82) is 0 Å². The summed E-state index contributed by atoms with van der Waals surface area (Å²) >= 11 is 19.7. The molecule has 1 aliphatic heterocycles. The molecule has 3 heterocycles. The largest absolute Gasteiger partial charge is 0.393 e. The zero-order chi connectivity index (χ0) is 29.5. The number of aryl methyl sites for hydroxylation is 1. The maximum Gasteiger partial charge on any atom is 0.393 e. The molecule has 1 fully saturated rings. The Kier molecular flexibility index (Phi) is 8.36. The summed E-state index contributed by atoms with van der Waals surface area (Å²) < 4.78 is 55.5. The smallest absolute Gasteiger partial charge is 0.370 e. The zero-order valence-corrected chi connectivity index (χ0v) is 24.0. The van der Waals surface area contributed by atoms with Crippen LogP contribution in [0.3, 0.4) is 0 Å². The van der Waals surface area contributed by atoms with Gasteiger partial charge >= 0.3 is 6.18 Å². The van der Waals surface area contributed by atoms with Crippen molar-refractivity contribution >= 4 is 57.4 Å². The fourth-order valence-electron chi connectivity index (χ4n) is 5.03. The maximum absolute atomic E-state index is 13.4. The van der Waals surface area contributed by atoms with Gasteiger partial charge in [0.15, 0.2) is 0 Å². The molecular weight excluding hydrogens is 605 g/mol. The van der Waals surface area contributed by atoms with Gasteiger partial charge in [0.1, 0.15) is 11.6 Å². The first-order chi connectivity index (χ1) is 19.4. The third-order valence-corrected chi connectivity index (χ3v) is 8.40. The van der Waals surface area contributed by atoms with Crippen LogP contribution in [0.4, 0.5) is 23.2 Å². The van der Waals surface area contributed by atoms with Gasteiger partial charge in [-0.2, -0.15) is 13.2 Å². The molecule has 2 aromatic heterocycles. The van der Waals surface area contributed by atoms with Crippen LogP contribution in [0.25, 0.3) is 11.0 Å². The summed E-state index contributed by atoms with van der Waals surface area (Å²) in [6, 6.07) is 7.86. The lowest BCUT2D eigenvalue weighted by molar-refractivity contribution is -0.175. The average Bonchev–Trinajstić information content (AvgIpc) is 3.23. The van der Waals surface area contributed by atoms with Gasteiger partial charge in [-0.25, -0.2) is 9.37 Å². The van der Waals surface area contributed by atoms with Gasteiger partial charge in [0, 0.05) is 44.3 Å². The average molecular weight is 629 g/mol. The fraction of sp³-hybridized carbons (Fsp3) is 0.321. The van der Waals surface area contributed by atoms with Crippen molar-refractivity contribution < 1.29 is 22.4 Å². The predicted octanol–water partition coefficient (Wildman–Crippen LogP) is 7.37. The normalized spacial score (nSPS) is 15.9. The van der Waals surface area contributed by atoms with Crippen molar-refractivity contribution in [2.45, 2.75) is 32.0 Å². The van der Waals surface area contributed by atoms with Crippen molar-refractivity contribution in [3.05, 3.63) is 86.1 Å². The van der Waals surface area contributed by atoms with Crippen molar-refractivity contribution in [2.24, 2.45) is 13.0 Å². The van der Waals surface area contributed by atoms with E-state index in [0.29, 0.717) is 61.7 Å². The highest BCUT2D eigenvalue weighted by Crippen LogP contribution is 2.39. The Balaban J connectivity index is 1.39. The number of carbonyl (C=O) groups excluding carboxylic acids is 1. The van der Waals surface area contributed by atoms with Gasteiger partial charge in [-0.05, 0) is 48.2 Å². The number of halogens is 7. The number of carbonyl (C=O) groups is 1. The molecule has 0 radical (unpaired) electrons. The van der Waals surface area contributed by atoms with E-state index in [1.807, 2.05) is 4.57 Å². The first-order valence-corrected chi connectivity index (χ1v) is 13.9. The van der Waals surface area contributed by atoms with Crippen LogP contribution in [-0.2, 0) is 20.0 Å². The van der Waals surface area contributed by atoms with E-state index in [1.54, 1.807) is 36.2 Å². The molecule has 216 valence electrons. The van der Waals surface area contributed by atoms with Crippen molar-refractivity contribution in [2.75, 3.05) is 18.0 Å². The Hall–Kier alpha value is -3.08. The third kappa shape index (κ3) is 6.24. The highest BCUT2D eigenvalue weighted by molar-refractivity contribution is 6.36. The summed E-state index contributed by atoms with van der Waals surface area (Å²) in [4.78, 5) is 22.5. The summed E-state index contributed by atoms with van der Waals surface area (Å²) in [5, 5.41) is 3.77. The Labute approximate surface area is 248 Å². The minimum atomic E-state index is -4.26. The molecule has 6 nitrogen and oxygen atoms in total. The Morgan fingerprint density at radius 2 is 1.90 bits per heavy atom. The van der Waals surface area contributed by atoms with Crippen LogP contribution in [0.2, 0.25) is 15.1 Å². The lowest BCUT2D eigenvalue weighted by Crippen LogP contribution is -2.41. The minimum Gasteiger partial charge on any atom is -0.370 e. The molecule has 1 amide bonds. The van der Waals surface area contributed by atoms with Gasteiger partial charge in [-0.15, -0.1) is 0 Å². The maximum atomic E-state index is 13.4. The molecule has 1 unspecified atom stereocenters. The number of benzene rings is 2. The summed E-state index contributed by atoms with van der Waals surface area (Å²) in [6.07, 6.45) is -1.24. The first kappa shape index (κ1) is 29.4. The zero-order valence-electron chi connectivity index (χ0n) is 21.7. The van der Waals surface area contributed by atoms with Gasteiger partial charge in [-0.1, -0.05) is 40.9 Å². The van der Waals surface area contributed by atoms with Crippen LogP contribution < -0.4 is 10.2 Å². The second kappa shape index (κ2) is 11.7. The number of rotatable bonds is 6. The fourth-order valence-corrected chi connectivity index (χ4v) is 5.88. The number of amides is 1. The number of alkyl halides is 3. The van der Waals surface area contributed by atoms with Crippen LogP contribution in [0.5, 0.6) is 0 Å². The second-order valence-corrected chi connectivity index (χ2v) is 11.1. The topological polar surface area (TPSA) is 63.1 Å². The number of hydrogen-bond acceptors (Lipinski definition) is 4. The quantitative estimate of drug-likeness (QED) is 0.227. The molecule has 41 heavy (non-hydrogen) atoms. The molecule has 5 rings (SSSR count). The molecule has 13 heteroatoms. The predicted molar refractivity (Wildman–Crippen MR) is 151 cm³/mol. The molecular formula is C28H24Cl3F4N5O. The van der Waals surface area contributed by atoms with Crippen molar-refractivity contribution in [3.8, 4) is 0 Å². The standard InChI is InChI=1S/C28H24Cl3F4N5O/c1-39-24-10-23(40-6-2-3-17(14-40)28(33,34)35)21(30)9-22(24)38-25(39)8-19-20(29)5-4-15(26(19)31)12-37-27(41)16-7-18(32)13-36-11-16/h4-5,7,9-11,13,17H,2-3,6,8,12,14H2,1H3,(H,37,41). The molecule has 1 aliphatic rings. The molecule has 2 aromatic carbocycles. The highest BCUT2D eigenvalue weighted by Gasteiger charge is 2.42. The summed E-state index contributed by atoms with van der Waals surface area (Å²) in [7, 11) is 1.80. The van der Waals surface area contributed by atoms with Crippen LogP contribution >= 0.6 is 34.8 Å². The number of imidazole rings is 1. The van der Waals surface area contributed by atoms with E-state index in [9.17, 15) is 22.4 Å². The number of aromatic nitrogens is 3. The van der Waals surface area contributed by atoms with Crippen LogP contribution in [0.15, 0.2) is 42.7 Å².